The van der Waals surface area contributed by atoms with Gasteiger partial charge in [0.1, 0.15) is 11.6 Å². The summed E-state index contributed by atoms with van der Waals surface area (Å²) in [6.45, 7) is 7.80. The van der Waals surface area contributed by atoms with Crippen LogP contribution in [-0.4, -0.2) is 47.0 Å². The normalized spacial score (nSPS) is 14.4. The Hall–Kier alpha value is -3.42. The Labute approximate surface area is 197 Å². The predicted octanol–water partition coefficient (Wildman–Crippen LogP) is 4.97. The van der Waals surface area contributed by atoms with Crippen LogP contribution in [0.25, 0.3) is 0 Å². The third-order valence-corrected chi connectivity index (χ3v) is 6.07. The number of carbonyl (C=O) groups excluding carboxylic acids is 1. The van der Waals surface area contributed by atoms with Crippen molar-refractivity contribution in [3.05, 3.63) is 87.9 Å². The number of amides is 1. The molecule has 1 saturated heterocycles. The highest BCUT2D eigenvalue weighted by Crippen LogP contribution is 2.30. The molecule has 4 rings (SSSR count). The first-order chi connectivity index (χ1) is 16.1. The van der Waals surface area contributed by atoms with Crippen LogP contribution in [0.4, 0.5) is 19.0 Å². The van der Waals surface area contributed by atoms with Gasteiger partial charge in [-0.25, -0.2) is 9.97 Å². The molecule has 1 aliphatic rings. The number of carbonyl (C=O) groups is 1. The molecule has 2 aromatic carbocycles. The maximum Gasteiger partial charge on any atom is 0.416 e. The van der Waals surface area contributed by atoms with Gasteiger partial charge in [-0.3, -0.25) is 4.79 Å². The minimum Gasteiger partial charge on any atom is -0.353 e. The van der Waals surface area contributed by atoms with Crippen LogP contribution in [-0.2, 0) is 12.6 Å². The Morgan fingerprint density at radius 2 is 1.65 bits per heavy atom. The predicted molar refractivity (Wildman–Crippen MR) is 125 cm³/mol. The van der Waals surface area contributed by atoms with Crippen molar-refractivity contribution < 1.29 is 18.0 Å². The number of hydrogen-bond acceptors (Lipinski definition) is 4. The molecule has 178 valence electrons. The van der Waals surface area contributed by atoms with Crippen LogP contribution in [0, 0.1) is 20.8 Å². The molecule has 0 saturated carbocycles. The maximum atomic E-state index is 13.1. The molecule has 1 aromatic heterocycles. The molecule has 0 radical (unpaired) electrons. The van der Waals surface area contributed by atoms with Gasteiger partial charge in [-0.05, 0) is 44.5 Å². The zero-order valence-electron chi connectivity index (χ0n) is 19.5. The molecular weight excluding hydrogens is 441 g/mol. The molecule has 0 unspecified atom stereocenters. The van der Waals surface area contributed by atoms with E-state index in [2.05, 4.69) is 35.0 Å². The second-order valence-corrected chi connectivity index (χ2v) is 8.68. The van der Waals surface area contributed by atoms with Crippen LogP contribution in [0.5, 0.6) is 0 Å². The van der Waals surface area contributed by atoms with Gasteiger partial charge >= 0.3 is 6.18 Å². The molecular formula is C26H27F3N4O. The summed E-state index contributed by atoms with van der Waals surface area (Å²) in [5.41, 5.74) is 3.57. The van der Waals surface area contributed by atoms with Crippen LogP contribution in [0.15, 0.2) is 48.5 Å². The number of alkyl halides is 3. The van der Waals surface area contributed by atoms with Crippen molar-refractivity contribution in [1.82, 2.24) is 14.9 Å². The van der Waals surface area contributed by atoms with E-state index < -0.39 is 11.7 Å². The van der Waals surface area contributed by atoms with E-state index in [-0.39, 0.29) is 11.5 Å². The summed E-state index contributed by atoms with van der Waals surface area (Å²) in [4.78, 5) is 25.9. The summed E-state index contributed by atoms with van der Waals surface area (Å²) in [7, 11) is 0. The Morgan fingerprint density at radius 3 is 2.32 bits per heavy atom. The zero-order chi connectivity index (χ0) is 24.5. The van der Waals surface area contributed by atoms with Crippen molar-refractivity contribution in [2.75, 3.05) is 31.1 Å². The minimum atomic E-state index is -4.48. The van der Waals surface area contributed by atoms with E-state index in [1.807, 2.05) is 19.9 Å². The number of benzene rings is 2. The number of nitrogens with zero attached hydrogens (tertiary/aromatic N) is 4. The van der Waals surface area contributed by atoms with E-state index >= 15 is 0 Å². The van der Waals surface area contributed by atoms with Crippen molar-refractivity contribution in [3.8, 4) is 0 Å². The Balaban J connectivity index is 1.52. The molecule has 0 bridgehead atoms. The number of hydrogen-bond donors (Lipinski definition) is 0. The summed E-state index contributed by atoms with van der Waals surface area (Å²) < 4.78 is 39.2. The largest absolute Gasteiger partial charge is 0.416 e. The first-order valence-electron chi connectivity index (χ1n) is 11.2. The Kier molecular flexibility index (Phi) is 6.59. The molecule has 34 heavy (non-hydrogen) atoms. The lowest BCUT2D eigenvalue weighted by molar-refractivity contribution is -0.137. The lowest BCUT2D eigenvalue weighted by atomic mass is 10.0. The molecule has 8 heteroatoms. The number of aromatic nitrogens is 2. The highest BCUT2D eigenvalue weighted by molar-refractivity contribution is 5.94. The van der Waals surface area contributed by atoms with Crippen molar-refractivity contribution in [2.24, 2.45) is 0 Å². The Bertz CT molecular complexity index is 1200. The average Bonchev–Trinajstić information content (AvgIpc) is 2.80. The molecule has 0 N–H and O–H groups in total. The van der Waals surface area contributed by atoms with Crippen molar-refractivity contribution in [1.29, 1.82) is 0 Å². The number of piperazine rings is 1. The fraction of sp³-hybridized carbons (Fsp3) is 0.346. The van der Waals surface area contributed by atoms with Crippen molar-refractivity contribution in [3.63, 3.8) is 0 Å². The third-order valence-electron chi connectivity index (χ3n) is 6.07. The summed E-state index contributed by atoms with van der Waals surface area (Å²) in [6.07, 6.45) is -3.78. The first kappa shape index (κ1) is 23.7. The van der Waals surface area contributed by atoms with E-state index in [1.54, 1.807) is 4.90 Å². The van der Waals surface area contributed by atoms with Crippen LogP contribution >= 0.6 is 0 Å². The summed E-state index contributed by atoms with van der Waals surface area (Å²) >= 11 is 0. The number of rotatable bonds is 4. The Morgan fingerprint density at radius 1 is 0.941 bits per heavy atom. The average molecular weight is 469 g/mol. The first-order valence-corrected chi connectivity index (χ1v) is 11.2. The van der Waals surface area contributed by atoms with E-state index in [0.717, 1.165) is 29.2 Å². The number of anilines is 1. The quantitative estimate of drug-likeness (QED) is 0.542. The molecule has 5 nitrogen and oxygen atoms in total. The standard InChI is InChI=1S/C26H27F3N4O/c1-17-6-4-7-20(14-17)15-23-18(2)30-19(3)31-24(23)32-10-12-33(13-11-32)25(34)21-8-5-9-22(16-21)26(27,28)29/h4-9,14,16H,10-13,15H2,1-3H3. The smallest absolute Gasteiger partial charge is 0.353 e. The second-order valence-electron chi connectivity index (χ2n) is 8.68. The minimum absolute atomic E-state index is 0.0529. The van der Waals surface area contributed by atoms with Crippen molar-refractivity contribution in [2.45, 2.75) is 33.4 Å². The van der Waals surface area contributed by atoms with Crippen LogP contribution in [0.3, 0.4) is 0 Å². The van der Waals surface area contributed by atoms with E-state index in [1.165, 1.54) is 23.3 Å². The second kappa shape index (κ2) is 9.44. The van der Waals surface area contributed by atoms with Crippen LogP contribution in [0.2, 0.25) is 0 Å². The highest BCUT2D eigenvalue weighted by Gasteiger charge is 2.32. The fourth-order valence-electron chi connectivity index (χ4n) is 4.34. The summed E-state index contributed by atoms with van der Waals surface area (Å²) in [6, 6.07) is 12.9. The van der Waals surface area contributed by atoms with Gasteiger partial charge < -0.3 is 9.80 Å². The number of aryl methyl sites for hydroxylation is 3. The zero-order valence-corrected chi connectivity index (χ0v) is 19.5. The maximum absolute atomic E-state index is 13.1. The lowest BCUT2D eigenvalue weighted by Gasteiger charge is -2.36. The van der Waals surface area contributed by atoms with Gasteiger partial charge in [0.05, 0.1) is 5.56 Å². The third kappa shape index (κ3) is 5.21. The van der Waals surface area contributed by atoms with E-state index in [9.17, 15) is 18.0 Å². The van der Waals surface area contributed by atoms with E-state index in [4.69, 9.17) is 4.98 Å². The lowest BCUT2D eigenvalue weighted by Crippen LogP contribution is -2.49. The van der Waals surface area contributed by atoms with Gasteiger partial charge in [-0.2, -0.15) is 13.2 Å². The molecule has 0 spiro atoms. The summed E-state index contributed by atoms with van der Waals surface area (Å²) in [5.74, 6) is 1.15. The molecule has 1 amide bonds. The van der Waals surface area contributed by atoms with Gasteiger partial charge in [0.25, 0.3) is 5.91 Å². The fourth-order valence-corrected chi connectivity index (χ4v) is 4.34. The van der Waals surface area contributed by atoms with Gasteiger partial charge in [0, 0.05) is 49.4 Å². The van der Waals surface area contributed by atoms with Gasteiger partial charge in [0.15, 0.2) is 0 Å². The van der Waals surface area contributed by atoms with Gasteiger partial charge in [-0.1, -0.05) is 35.9 Å². The molecule has 0 atom stereocenters. The molecule has 1 aliphatic heterocycles. The van der Waals surface area contributed by atoms with E-state index in [0.29, 0.717) is 38.4 Å². The molecule has 0 aliphatic carbocycles. The molecule has 3 aromatic rings. The molecule has 2 heterocycles. The number of halogens is 3. The van der Waals surface area contributed by atoms with Gasteiger partial charge in [-0.15, -0.1) is 0 Å². The molecule has 1 fully saturated rings. The highest BCUT2D eigenvalue weighted by atomic mass is 19.4. The van der Waals surface area contributed by atoms with Crippen LogP contribution in [0.1, 0.15) is 44.1 Å². The van der Waals surface area contributed by atoms with Crippen LogP contribution < -0.4 is 4.90 Å². The SMILES string of the molecule is Cc1cccc(Cc2c(C)nc(C)nc2N2CCN(C(=O)c3cccc(C(F)(F)F)c3)CC2)c1. The van der Waals surface area contributed by atoms with Gasteiger partial charge in [0.2, 0.25) is 0 Å². The topological polar surface area (TPSA) is 49.3 Å². The monoisotopic (exact) mass is 468 g/mol. The summed E-state index contributed by atoms with van der Waals surface area (Å²) in [5, 5.41) is 0. The van der Waals surface area contributed by atoms with Crippen molar-refractivity contribution >= 4 is 11.7 Å².